The lowest BCUT2D eigenvalue weighted by molar-refractivity contribution is -0.114. The fourth-order valence-corrected chi connectivity index (χ4v) is 2.52. The third kappa shape index (κ3) is 3.92. The Morgan fingerprint density at radius 1 is 1.27 bits per heavy atom. The SMILES string of the molecule is CN(C=O)C(=N)NC(c1ccccc1)c1cc(F)cc(Br)c1. The van der Waals surface area contributed by atoms with Gasteiger partial charge < -0.3 is 5.32 Å². The number of rotatable bonds is 4. The smallest absolute Gasteiger partial charge is 0.216 e. The molecule has 1 atom stereocenters. The molecule has 0 aliphatic rings. The molecule has 0 saturated carbocycles. The topological polar surface area (TPSA) is 56.2 Å². The summed E-state index contributed by atoms with van der Waals surface area (Å²) in [6.45, 7) is 0. The van der Waals surface area contributed by atoms with E-state index in [1.807, 2.05) is 30.3 Å². The molecule has 0 heterocycles. The van der Waals surface area contributed by atoms with Crippen LogP contribution in [0.5, 0.6) is 0 Å². The number of carbonyl (C=O) groups excluding carboxylic acids is 1. The molecule has 2 N–H and O–H groups in total. The molecule has 0 aliphatic carbocycles. The maximum absolute atomic E-state index is 13.7. The number of hydrogen-bond acceptors (Lipinski definition) is 2. The van der Waals surface area contributed by atoms with Crippen molar-refractivity contribution in [2.45, 2.75) is 6.04 Å². The van der Waals surface area contributed by atoms with Gasteiger partial charge in [0.2, 0.25) is 6.41 Å². The van der Waals surface area contributed by atoms with Crippen molar-refractivity contribution in [2.24, 2.45) is 0 Å². The molecule has 2 aromatic carbocycles. The lowest BCUT2D eigenvalue weighted by Gasteiger charge is -2.24. The molecule has 0 aliphatic heterocycles. The third-order valence-corrected chi connectivity index (χ3v) is 3.60. The Morgan fingerprint density at radius 2 is 1.95 bits per heavy atom. The minimum Gasteiger partial charge on any atom is -0.345 e. The van der Waals surface area contributed by atoms with Crippen LogP contribution in [0.1, 0.15) is 17.2 Å². The molecule has 4 nitrogen and oxygen atoms in total. The summed E-state index contributed by atoms with van der Waals surface area (Å²) < 4.78 is 14.3. The number of guanidine groups is 1. The zero-order valence-electron chi connectivity index (χ0n) is 11.9. The van der Waals surface area contributed by atoms with Crippen molar-refractivity contribution < 1.29 is 9.18 Å². The molecule has 1 unspecified atom stereocenters. The normalized spacial score (nSPS) is 11.6. The van der Waals surface area contributed by atoms with Crippen LogP contribution >= 0.6 is 15.9 Å². The number of halogens is 2. The van der Waals surface area contributed by atoms with Gasteiger partial charge in [0, 0.05) is 11.5 Å². The zero-order valence-corrected chi connectivity index (χ0v) is 13.5. The lowest BCUT2D eigenvalue weighted by atomic mass is 9.99. The Kier molecular flexibility index (Phi) is 5.27. The van der Waals surface area contributed by atoms with E-state index < -0.39 is 6.04 Å². The molecule has 2 rings (SSSR count). The van der Waals surface area contributed by atoms with Crippen LogP contribution < -0.4 is 5.32 Å². The van der Waals surface area contributed by atoms with E-state index in [4.69, 9.17) is 5.41 Å². The first-order chi connectivity index (χ1) is 10.5. The number of amides is 1. The van der Waals surface area contributed by atoms with Gasteiger partial charge in [-0.2, -0.15) is 0 Å². The van der Waals surface area contributed by atoms with Crippen LogP contribution in [0, 0.1) is 11.2 Å². The highest BCUT2D eigenvalue weighted by atomic mass is 79.9. The molecule has 2 aromatic rings. The van der Waals surface area contributed by atoms with Crippen molar-refractivity contribution in [3.05, 3.63) is 69.9 Å². The molecular formula is C16H15BrFN3O. The summed E-state index contributed by atoms with van der Waals surface area (Å²) in [4.78, 5) is 11.9. The van der Waals surface area contributed by atoms with Crippen molar-refractivity contribution in [1.29, 1.82) is 5.41 Å². The van der Waals surface area contributed by atoms with E-state index in [0.717, 1.165) is 10.5 Å². The summed E-state index contributed by atoms with van der Waals surface area (Å²) in [7, 11) is 1.48. The van der Waals surface area contributed by atoms with Crippen molar-refractivity contribution in [2.75, 3.05) is 7.05 Å². The Hall–Kier alpha value is -2.21. The number of benzene rings is 2. The van der Waals surface area contributed by atoms with Gasteiger partial charge in [0.05, 0.1) is 6.04 Å². The van der Waals surface area contributed by atoms with E-state index in [-0.39, 0.29) is 11.8 Å². The summed E-state index contributed by atoms with van der Waals surface area (Å²) >= 11 is 3.27. The predicted molar refractivity (Wildman–Crippen MR) is 87.1 cm³/mol. The monoisotopic (exact) mass is 363 g/mol. The Bertz CT molecular complexity index is 658. The van der Waals surface area contributed by atoms with Crippen molar-refractivity contribution in [3.63, 3.8) is 0 Å². The molecule has 1 amide bonds. The van der Waals surface area contributed by atoms with E-state index >= 15 is 0 Å². The van der Waals surface area contributed by atoms with Crippen LogP contribution in [-0.4, -0.2) is 24.3 Å². The fourth-order valence-electron chi connectivity index (χ4n) is 2.04. The standard InChI is InChI=1S/C16H15BrFN3O/c1-21(10-22)16(19)20-15(11-5-3-2-4-6-11)12-7-13(17)9-14(18)8-12/h2-10,15H,1H3,(H2,19,20). The fraction of sp³-hybridized carbons (Fsp3) is 0.125. The Morgan fingerprint density at radius 3 is 2.55 bits per heavy atom. The van der Waals surface area contributed by atoms with E-state index in [1.54, 1.807) is 6.07 Å². The van der Waals surface area contributed by atoms with Crippen LogP contribution in [0.25, 0.3) is 0 Å². The second kappa shape index (κ2) is 7.17. The van der Waals surface area contributed by atoms with Gasteiger partial charge in [0.15, 0.2) is 5.96 Å². The number of carbonyl (C=O) groups is 1. The quantitative estimate of drug-likeness (QED) is 0.497. The van der Waals surface area contributed by atoms with Crippen LogP contribution in [-0.2, 0) is 4.79 Å². The average Bonchev–Trinajstić information content (AvgIpc) is 2.51. The van der Waals surface area contributed by atoms with Crippen LogP contribution in [0.3, 0.4) is 0 Å². The molecular weight excluding hydrogens is 349 g/mol. The highest BCUT2D eigenvalue weighted by molar-refractivity contribution is 9.10. The molecule has 0 bridgehead atoms. The molecule has 0 spiro atoms. The highest BCUT2D eigenvalue weighted by Gasteiger charge is 2.18. The van der Waals surface area contributed by atoms with Gasteiger partial charge >= 0.3 is 0 Å². The van der Waals surface area contributed by atoms with Crippen molar-refractivity contribution in [3.8, 4) is 0 Å². The minimum absolute atomic E-state index is 0.0655. The van der Waals surface area contributed by atoms with Crippen LogP contribution in [0.4, 0.5) is 4.39 Å². The summed E-state index contributed by atoms with van der Waals surface area (Å²) in [5.41, 5.74) is 1.52. The maximum Gasteiger partial charge on any atom is 0.216 e. The molecule has 22 heavy (non-hydrogen) atoms. The predicted octanol–water partition coefficient (Wildman–Crippen LogP) is 3.29. The number of hydrogen-bond donors (Lipinski definition) is 2. The summed E-state index contributed by atoms with van der Waals surface area (Å²) in [6, 6.07) is 13.5. The highest BCUT2D eigenvalue weighted by Crippen LogP contribution is 2.26. The van der Waals surface area contributed by atoms with E-state index in [9.17, 15) is 9.18 Å². The minimum atomic E-state index is -0.442. The van der Waals surface area contributed by atoms with Gasteiger partial charge in [-0.3, -0.25) is 15.1 Å². The van der Waals surface area contributed by atoms with Gasteiger partial charge in [-0.25, -0.2) is 4.39 Å². The molecule has 0 saturated heterocycles. The third-order valence-electron chi connectivity index (χ3n) is 3.14. The molecule has 0 aromatic heterocycles. The van der Waals surface area contributed by atoms with Crippen molar-refractivity contribution >= 4 is 28.3 Å². The number of nitrogens with one attached hydrogen (secondary N) is 2. The summed E-state index contributed by atoms with van der Waals surface area (Å²) in [5.74, 6) is -0.438. The molecule has 6 heteroatoms. The molecule has 114 valence electrons. The van der Waals surface area contributed by atoms with E-state index in [1.165, 1.54) is 19.2 Å². The second-order valence-corrected chi connectivity index (χ2v) is 5.67. The van der Waals surface area contributed by atoms with Gasteiger partial charge in [0.1, 0.15) is 5.82 Å². The van der Waals surface area contributed by atoms with Gasteiger partial charge in [-0.1, -0.05) is 46.3 Å². The first kappa shape index (κ1) is 16.2. The molecule has 0 radical (unpaired) electrons. The first-order valence-corrected chi connectivity index (χ1v) is 7.34. The Labute approximate surface area is 136 Å². The first-order valence-electron chi connectivity index (χ1n) is 6.55. The van der Waals surface area contributed by atoms with Gasteiger partial charge in [0.25, 0.3) is 0 Å². The summed E-state index contributed by atoms with van der Waals surface area (Å²) in [6.07, 6.45) is 0.541. The van der Waals surface area contributed by atoms with Crippen LogP contribution in [0.15, 0.2) is 53.0 Å². The van der Waals surface area contributed by atoms with Gasteiger partial charge in [-0.05, 0) is 29.3 Å². The average molecular weight is 364 g/mol. The molecule has 0 fully saturated rings. The van der Waals surface area contributed by atoms with E-state index in [0.29, 0.717) is 16.4 Å². The zero-order chi connectivity index (χ0) is 16.1. The lowest BCUT2D eigenvalue weighted by Crippen LogP contribution is -2.39. The number of nitrogens with zero attached hydrogens (tertiary/aromatic N) is 1. The maximum atomic E-state index is 13.7. The van der Waals surface area contributed by atoms with E-state index in [2.05, 4.69) is 21.2 Å². The Balaban J connectivity index is 2.41. The second-order valence-electron chi connectivity index (χ2n) is 4.76. The van der Waals surface area contributed by atoms with Gasteiger partial charge in [-0.15, -0.1) is 0 Å². The largest absolute Gasteiger partial charge is 0.345 e. The van der Waals surface area contributed by atoms with Crippen molar-refractivity contribution in [1.82, 2.24) is 10.2 Å². The van der Waals surface area contributed by atoms with Crippen LogP contribution in [0.2, 0.25) is 0 Å². The summed E-state index contributed by atoms with van der Waals surface area (Å²) in [5, 5.41) is 10.9.